The standard InChI is InChI=1S/C22H27N7O3S.ClH/c1-13(14-3-4-14)24-18-11-17(20(30)28-7-5-15(6-8-28)27(2)22(31)32)25-19(26-18)16-12-23-29-9-10-33-21(16)29;/h9-15H,3-8H2,1-2H3,(H,31,32)(H,24,25,26);1H/t13-;/m0./s1. The molecule has 0 radical (unpaired) electrons. The number of fused-ring (bicyclic) bond motifs is 1. The predicted octanol–water partition coefficient (Wildman–Crippen LogP) is 3.70. The summed E-state index contributed by atoms with van der Waals surface area (Å²) >= 11 is 1.55. The maximum atomic E-state index is 13.4. The molecular formula is C22H28ClN7O3S. The minimum atomic E-state index is -0.943. The van der Waals surface area contributed by atoms with Crippen molar-refractivity contribution in [3.05, 3.63) is 29.5 Å². The van der Waals surface area contributed by atoms with Crippen LogP contribution in [0, 0.1) is 5.92 Å². The molecule has 34 heavy (non-hydrogen) atoms. The first-order valence-corrected chi connectivity index (χ1v) is 12.1. The molecule has 1 aliphatic heterocycles. The molecular weight excluding hydrogens is 478 g/mol. The second kappa shape index (κ2) is 9.75. The summed E-state index contributed by atoms with van der Waals surface area (Å²) in [6, 6.07) is 1.92. The fraction of sp³-hybridized carbons (Fsp3) is 0.500. The van der Waals surface area contributed by atoms with Crippen LogP contribution < -0.4 is 5.32 Å². The number of carbonyl (C=O) groups is 2. The van der Waals surface area contributed by atoms with E-state index in [-0.39, 0.29) is 30.4 Å². The monoisotopic (exact) mass is 505 g/mol. The molecule has 10 nitrogen and oxygen atoms in total. The van der Waals surface area contributed by atoms with Gasteiger partial charge in [-0.15, -0.1) is 23.7 Å². The van der Waals surface area contributed by atoms with Crippen molar-refractivity contribution in [2.75, 3.05) is 25.5 Å². The van der Waals surface area contributed by atoms with Crippen molar-refractivity contribution in [1.29, 1.82) is 0 Å². The fourth-order valence-electron chi connectivity index (χ4n) is 4.35. The summed E-state index contributed by atoms with van der Waals surface area (Å²) in [4.78, 5) is 38.0. The molecule has 3 aromatic heterocycles. The molecule has 0 unspecified atom stereocenters. The Kier molecular flexibility index (Phi) is 6.94. The van der Waals surface area contributed by atoms with Gasteiger partial charge in [-0.25, -0.2) is 19.3 Å². The van der Waals surface area contributed by atoms with E-state index in [2.05, 4.69) is 22.3 Å². The highest BCUT2D eigenvalue weighted by Gasteiger charge is 2.31. The molecule has 1 saturated heterocycles. The average Bonchev–Trinajstić information content (AvgIpc) is 3.44. The number of carboxylic acid groups (broad SMARTS) is 1. The Labute approximate surface area is 207 Å². The van der Waals surface area contributed by atoms with Crippen LogP contribution in [0.4, 0.5) is 10.6 Å². The fourth-order valence-corrected chi connectivity index (χ4v) is 5.15. The first kappa shape index (κ1) is 24.2. The predicted molar refractivity (Wildman–Crippen MR) is 132 cm³/mol. The van der Waals surface area contributed by atoms with E-state index >= 15 is 0 Å². The van der Waals surface area contributed by atoms with Gasteiger partial charge >= 0.3 is 6.09 Å². The number of thiazole rings is 1. The zero-order chi connectivity index (χ0) is 23.1. The first-order chi connectivity index (χ1) is 15.9. The smallest absolute Gasteiger partial charge is 0.407 e. The van der Waals surface area contributed by atoms with E-state index in [0.29, 0.717) is 49.2 Å². The minimum absolute atomic E-state index is 0. The molecule has 2 N–H and O–H groups in total. The van der Waals surface area contributed by atoms with Crippen LogP contribution in [0.5, 0.6) is 0 Å². The molecule has 1 atom stereocenters. The second-order valence-corrected chi connectivity index (χ2v) is 9.75. The maximum Gasteiger partial charge on any atom is 0.407 e. The Hall–Kier alpha value is -2.92. The summed E-state index contributed by atoms with van der Waals surface area (Å²) in [5.41, 5.74) is 1.13. The van der Waals surface area contributed by atoms with Gasteiger partial charge in [-0.3, -0.25) is 4.79 Å². The first-order valence-electron chi connectivity index (χ1n) is 11.2. The Morgan fingerprint density at radius 1 is 1.24 bits per heavy atom. The average molecular weight is 506 g/mol. The van der Waals surface area contributed by atoms with Crippen LogP contribution in [0.2, 0.25) is 0 Å². The van der Waals surface area contributed by atoms with Gasteiger partial charge in [-0.05, 0) is 38.5 Å². The van der Waals surface area contributed by atoms with Gasteiger partial charge < -0.3 is 20.2 Å². The molecule has 2 amide bonds. The molecule has 1 saturated carbocycles. The maximum absolute atomic E-state index is 13.4. The minimum Gasteiger partial charge on any atom is -0.465 e. The van der Waals surface area contributed by atoms with Crippen molar-refractivity contribution < 1.29 is 14.7 Å². The number of rotatable bonds is 6. The zero-order valence-corrected chi connectivity index (χ0v) is 20.7. The number of likely N-dealkylation sites (tertiary alicyclic amines) is 1. The highest BCUT2D eigenvalue weighted by atomic mass is 35.5. The third-order valence-corrected chi connectivity index (χ3v) is 7.51. The number of hydrogen-bond acceptors (Lipinski definition) is 7. The second-order valence-electron chi connectivity index (χ2n) is 8.86. The van der Waals surface area contributed by atoms with Crippen molar-refractivity contribution in [3.63, 3.8) is 0 Å². The van der Waals surface area contributed by atoms with E-state index < -0.39 is 6.09 Å². The molecule has 12 heteroatoms. The molecule has 182 valence electrons. The lowest BCUT2D eigenvalue weighted by Crippen LogP contribution is -2.47. The van der Waals surface area contributed by atoms with Gasteiger partial charge in [0.25, 0.3) is 5.91 Å². The molecule has 4 heterocycles. The van der Waals surface area contributed by atoms with Gasteiger partial charge in [0.2, 0.25) is 0 Å². The van der Waals surface area contributed by atoms with Crippen molar-refractivity contribution in [3.8, 4) is 11.4 Å². The SMILES string of the molecule is C[C@H](Nc1cc(C(=O)N2CCC(N(C)C(=O)O)CC2)nc(-c2cnn3ccsc23)n1)C1CC1.Cl. The van der Waals surface area contributed by atoms with Crippen molar-refractivity contribution >= 4 is 46.4 Å². The van der Waals surface area contributed by atoms with Gasteiger partial charge in [0.05, 0.1) is 11.8 Å². The van der Waals surface area contributed by atoms with Crippen LogP contribution in [-0.4, -0.2) is 78.7 Å². The number of nitrogens with zero attached hydrogens (tertiary/aromatic N) is 6. The number of amides is 2. The lowest BCUT2D eigenvalue weighted by Gasteiger charge is -2.35. The van der Waals surface area contributed by atoms with Crippen LogP contribution in [0.3, 0.4) is 0 Å². The van der Waals surface area contributed by atoms with E-state index in [1.165, 1.54) is 17.7 Å². The van der Waals surface area contributed by atoms with E-state index in [0.717, 1.165) is 10.4 Å². The van der Waals surface area contributed by atoms with Crippen LogP contribution >= 0.6 is 23.7 Å². The van der Waals surface area contributed by atoms with Crippen LogP contribution in [0.1, 0.15) is 43.1 Å². The molecule has 5 rings (SSSR count). The highest BCUT2D eigenvalue weighted by Crippen LogP contribution is 2.34. The number of halogens is 1. The Balaban J connectivity index is 0.00000274. The van der Waals surface area contributed by atoms with Crippen LogP contribution in [-0.2, 0) is 0 Å². The lowest BCUT2D eigenvalue weighted by molar-refractivity contribution is 0.0638. The highest BCUT2D eigenvalue weighted by molar-refractivity contribution is 7.16. The van der Waals surface area contributed by atoms with Gasteiger partial charge in [0.1, 0.15) is 16.3 Å². The molecule has 1 aliphatic carbocycles. The number of carbonyl (C=O) groups excluding carboxylic acids is 1. The van der Waals surface area contributed by atoms with Gasteiger partial charge in [0, 0.05) is 49.9 Å². The van der Waals surface area contributed by atoms with E-state index in [1.807, 2.05) is 11.6 Å². The molecule has 0 bridgehead atoms. The van der Waals surface area contributed by atoms with Crippen molar-refractivity contribution in [2.45, 2.75) is 44.7 Å². The van der Waals surface area contributed by atoms with Gasteiger partial charge in [-0.1, -0.05) is 0 Å². The Morgan fingerprint density at radius 2 is 1.97 bits per heavy atom. The summed E-state index contributed by atoms with van der Waals surface area (Å²) in [7, 11) is 1.58. The Bertz CT molecular complexity index is 1190. The normalized spacial score (nSPS) is 17.3. The van der Waals surface area contributed by atoms with Crippen molar-refractivity contribution in [2.24, 2.45) is 5.92 Å². The molecule has 2 aliphatic rings. The summed E-state index contributed by atoms with van der Waals surface area (Å²) in [6.07, 6.45) is 6.29. The number of piperidine rings is 1. The zero-order valence-electron chi connectivity index (χ0n) is 19.0. The number of nitrogens with one attached hydrogen (secondary N) is 1. The van der Waals surface area contributed by atoms with E-state index in [1.54, 1.807) is 40.1 Å². The lowest BCUT2D eigenvalue weighted by atomic mass is 10.0. The molecule has 2 fully saturated rings. The summed E-state index contributed by atoms with van der Waals surface area (Å²) in [6.45, 7) is 3.12. The molecule has 3 aromatic rings. The molecule has 0 aromatic carbocycles. The van der Waals surface area contributed by atoms with Crippen LogP contribution in [0.25, 0.3) is 16.2 Å². The quantitative estimate of drug-likeness (QED) is 0.524. The van der Waals surface area contributed by atoms with Crippen molar-refractivity contribution in [1.82, 2.24) is 29.4 Å². The Morgan fingerprint density at radius 3 is 2.65 bits per heavy atom. The van der Waals surface area contributed by atoms with E-state index in [9.17, 15) is 14.7 Å². The largest absolute Gasteiger partial charge is 0.465 e. The summed E-state index contributed by atoms with van der Waals surface area (Å²) in [5, 5.41) is 19.0. The summed E-state index contributed by atoms with van der Waals surface area (Å²) < 4.78 is 1.78. The number of hydrogen-bond donors (Lipinski definition) is 2. The number of aromatic nitrogens is 4. The van der Waals surface area contributed by atoms with Crippen LogP contribution in [0.15, 0.2) is 23.8 Å². The van der Waals surface area contributed by atoms with Gasteiger partial charge in [0.15, 0.2) is 5.82 Å². The third-order valence-electron chi connectivity index (χ3n) is 6.62. The molecule has 0 spiro atoms. The topological polar surface area (TPSA) is 116 Å². The summed E-state index contributed by atoms with van der Waals surface area (Å²) in [5.74, 6) is 1.59. The third kappa shape index (κ3) is 4.80. The number of anilines is 1. The van der Waals surface area contributed by atoms with Gasteiger partial charge in [-0.2, -0.15) is 5.10 Å². The van der Waals surface area contributed by atoms with E-state index in [4.69, 9.17) is 4.98 Å².